The molecule has 3 heterocycles. The lowest BCUT2D eigenvalue weighted by molar-refractivity contribution is 0.1000. The van der Waals surface area contributed by atoms with Crippen molar-refractivity contribution in [1.82, 2.24) is 14.9 Å². The van der Waals surface area contributed by atoms with Gasteiger partial charge in [0.2, 0.25) is 5.91 Å². The Morgan fingerprint density at radius 3 is 2.71 bits per heavy atom. The Kier molecular flexibility index (Phi) is 5.33. The van der Waals surface area contributed by atoms with Gasteiger partial charge in [0.05, 0.1) is 21.3 Å². The number of halogens is 1. The van der Waals surface area contributed by atoms with Crippen LogP contribution < -0.4 is 10.6 Å². The van der Waals surface area contributed by atoms with Crippen LogP contribution in [0.2, 0.25) is 5.02 Å². The maximum atomic E-state index is 11.2. The fraction of sp³-hybridized carbons (Fsp3) is 0.438. The summed E-state index contributed by atoms with van der Waals surface area (Å²) in [7, 11) is 0. The number of hydrogen-bond acceptors (Lipinski definition) is 6. The number of nitrogens with zero attached hydrogens (tertiary/aromatic N) is 4. The van der Waals surface area contributed by atoms with Crippen molar-refractivity contribution in [1.29, 1.82) is 0 Å². The molecule has 0 saturated carbocycles. The van der Waals surface area contributed by atoms with Gasteiger partial charge in [0.25, 0.3) is 0 Å². The van der Waals surface area contributed by atoms with Gasteiger partial charge in [-0.25, -0.2) is 9.97 Å². The minimum Gasteiger partial charge on any atom is -0.366 e. The fourth-order valence-electron chi connectivity index (χ4n) is 2.73. The van der Waals surface area contributed by atoms with E-state index < -0.39 is 5.91 Å². The first kappa shape index (κ1) is 17.1. The van der Waals surface area contributed by atoms with E-state index in [1.54, 1.807) is 17.4 Å². The molecule has 0 unspecified atom stereocenters. The fourth-order valence-corrected chi connectivity index (χ4v) is 3.75. The standard InChI is InChI=1S/C16H20ClN5OS/c1-2-14-20-12(10-24-14)9-21-3-5-22(6-4-21)16-13(17)7-11(8-19-16)15(18)23/h7-8,10H,2-6,9H2,1H3,(H2,18,23). The summed E-state index contributed by atoms with van der Waals surface area (Å²) in [6, 6.07) is 1.58. The molecule has 24 heavy (non-hydrogen) atoms. The van der Waals surface area contributed by atoms with E-state index in [1.807, 2.05) is 0 Å². The third-order valence-electron chi connectivity index (χ3n) is 4.07. The zero-order valence-corrected chi connectivity index (χ0v) is 15.1. The lowest BCUT2D eigenvalue weighted by Crippen LogP contribution is -2.46. The average Bonchev–Trinajstić information content (AvgIpc) is 3.03. The van der Waals surface area contributed by atoms with Gasteiger partial charge in [-0.15, -0.1) is 11.3 Å². The van der Waals surface area contributed by atoms with Crippen LogP contribution in [-0.2, 0) is 13.0 Å². The van der Waals surface area contributed by atoms with Crippen LogP contribution in [0.3, 0.4) is 0 Å². The molecule has 0 aliphatic carbocycles. The largest absolute Gasteiger partial charge is 0.366 e. The van der Waals surface area contributed by atoms with Crippen molar-refractivity contribution in [3.8, 4) is 0 Å². The number of anilines is 1. The number of nitrogens with two attached hydrogens (primary N) is 1. The number of amides is 1. The van der Waals surface area contributed by atoms with Gasteiger partial charge in [0.15, 0.2) is 0 Å². The number of thiazole rings is 1. The minimum absolute atomic E-state index is 0.331. The third kappa shape index (κ3) is 3.85. The molecular formula is C16H20ClN5OS. The van der Waals surface area contributed by atoms with E-state index in [4.69, 9.17) is 17.3 Å². The van der Waals surface area contributed by atoms with Gasteiger partial charge < -0.3 is 10.6 Å². The summed E-state index contributed by atoms with van der Waals surface area (Å²) < 4.78 is 0. The number of carbonyl (C=O) groups excluding carboxylic acids is 1. The summed E-state index contributed by atoms with van der Waals surface area (Å²) in [6.45, 7) is 6.54. The van der Waals surface area contributed by atoms with Crippen LogP contribution >= 0.6 is 22.9 Å². The van der Waals surface area contributed by atoms with Gasteiger partial charge in [-0.05, 0) is 12.5 Å². The molecule has 3 rings (SSSR count). The van der Waals surface area contributed by atoms with Crippen molar-refractivity contribution < 1.29 is 4.79 Å². The predicted molar refractivity (Wildman–Crippen MR) is 96.7 cm³/mol. The zero-order chi connectivity index (χ0) is 17.1. The van der Waals surface area contributed by atoms with Crippen molar-refractivity contribution in [3.05, 3.63) is 38.9 Å². The van der Waals surface area contributed by atoms with Gasteiger partial charge in [0.1, 0.15) is 5.82 Å². The zero-order valence-electron chi connectivity index (χ0n) is 13.5. The lowest BCUT2D eigenvalue weighted by Gasteiger charge is -2.35. The molecule has 6 nitrogen and oxygen atoms in total. The van der Waals surface area contributed by atoms with Crippen molar-refractivity contribution in [3.63, 3.8) is 0 Å². The van der Waals surface area contributed by atoms with E-state index in [9.17, 15) is 4.79 Å². The Hall–Kier alpha value is -1.70. The molecule has 0 radical (unpaired) electrons. The van der Waals surface area contributed by atoms with Crippen LogP contribution in [0.5, 0.6) is 0 Å². The molecule has 1 amide bonds. The topological polar surface area (TPSA) is 75.3 Å². The summed E-state index contributed by atoms with van der Waals surface area (Å²) in [5.41, 5.74) is 6.73. The second-order valence-corrected chi connectivity index (χ2v) is 7.09. The molecule has 0 bridgehead atoms. The maximum absolute atomic E-state index is 11.2. The smallest absolute Gasteiger partial charge is 0.250 e. The number of carbonyl (C=O) groups is 1. The molecule has 1 fully saturated rings. The van der Waals surface area contributed by atoms with Gasteiger partial charge in [-0.1, -0.05) is 18.5 Å². The first-order valence-electron chi connectivity index (χ1n) is 7.92. The van der Waals surface area contributed by atoms with Gasteiger partial charge in [-0.2, -0.15) is 0 Å². The summed E-state index contributed by atoms with van der Waals surface area (Å²) >= 11 is 7.99. The highest BCUT2D eigenvalue weighted by Gasteiger charge is 2.21. The van der Waals surface area contributed by atoms with Crippen LogP contribution in [0.15, 0.2) is 17.6 Å². The van der Waals surface area contributed by atoms with Crippen molar-refractivity contribution in [2.45, 2.75) is 19.9 Å². The van der Waals surface area contributed by atoms with Crippen LogP contribution in [-0.4, -0.2) is 47.0 Å². The number of aromatic nitrogens is 2. The van der Waals surface area contributed by atoms with E-state index in [2.05, 4.69) is 32.1 Å². The number of primary amides is 1. The predicted octanol–water partition coefficient (Wildman–Crippen LogP) is 2.17. The molecule has 128 valence electrons. The number of hydrogen-bond donors (Lipinski definition) is 1. The normalized spacial score (nSPS) is 15.7. The van der Waals surface area contributed by atoms with Crippen LogP contribution in [0.25, 0.3) is 0 Å². The Bertz CT molecular complexity index is 727. The number of aryl methyl sites for hydroxylation is 1. The molecule has 2 aromatic heterocycles. The first-order chi connectivity index (χ1) is 11.6. The van der Waals surface area contributed by atoms with Crippen LogP contribution in [0.1, 0.15) is 28.0 Å². The molecule has 2 N–H and O–H groups in total. The molecule has 1 aliphatic rings. The Morgan fingerprint density at radius 2 is 2.12 bits per heavy atom. The lowest BCUT2D eigenvalue weighted by atomic mass is 10.2. The highest BCUT2D eigenvalue weighted by Crippen LogP contribution is 2.25. The van der Waals surface area contributed by atoms with E-state index in [0.29, 0.717) is 16.4 Å². The number of rotatable bonds is 5. The SMILES string of the molecule is CCc1nc(CN2CCN(c3ncc(C(N)=O)cc3Cl)CC2)cs1. The van der Waals surface area contributed by atoms with E-state index >= 15 is 0 Å². The molecule has 0 aromatic carbocycles. The quantitative estimate of drug-likeness (QED) is 0.878. The van der Waals surface area contributed by atoms with Gasteiger partial charge >= 0.3 is 0 Å². The molecular weight excluding hydrogens is 346 g/mol. The molecule has 0 atom stereocenters. The van der Waals surface area contributed by atoms with E-state index in [-0.39, 0.29) is 0 Å². The van der Waals surface area contributed by atoms with Gasteiger partial charge in [-0.3, -0.25) is 9.69 Å². The Balaban J connectivity index is 1.59. The second-order valence-electron chi connectivity index (χ2n) is 5.74. The van der Waals surface area contributed by atoms with Gasteiger partial charge in [0, 0.05) is 44.3 Å². The van der Waals surface area contributed by atoms with Crippen LogP contribution in [0.4, 0.5) is 5.82 Å². The highest BCUT2D eigenvalue weighted by molar-refractivity contribution is 7.09. The number of pyridine rings is 1. The molecule has 1 saturated heterocycles. The van der Waals surface area contributed by atoms with Crippen molar-refractivity contribution >= 4 is 34.7 Å². The number of piperazine rings is 1. The second kappa shape index (κ2) is 7.46. The molecule has 1 aliphatic heterocycles. The van der Waals surface area contributed by atoms with E-state index in [1.165, 1.54) is 11.2 Å². The highest BCUT2D eigenvalue weighted by atomic mass is 35.5. The Labute approximate surface area is 150 Å². The van der Waals surface area contributed by atoms with Crippen molar-refractivity contribution in [2.24, 2.45) is 5.73 Å². The average molecular weight is 366 g/mol. The summed E-state index contributed by atoms with van der Waals surface area (Å²) in [6.07, 6.45) is 2.47. The monoisotopic (exact) mass is 365 g/mol. The van der Waals surface area contributed by atoms with Crippen molar-refractivity contribution in [2.75, 3.05) is 31.1 Å². The first-order valence-corrected chi connectivity index (χ1v) is 9.18. The van der Waals surface area contributed by atoms with E-state index in [0.717, 1.165) is 44.8 Å². The Morgan fingerprint density at radius 1 is 1.38 bits per heavy atom. The maximum Gasteiger partial charge on any atom is 0.250 e. The molecule has 8 heteroatoms. The minimum atomic E-state index is -0.518. The van der Waals surface area contributed by atoms with Crippen LogP contribution in [0, 0.1) is 0 Å². The molecule has 0 spiro atoms. The molecule has 2 aromatic rings. The summed E-state index contributed by atoms with van der Waals surface area (Å²) in [4.78, 5) is 24.6. The third-order valence-corrected chi connectivity index (χ3v) is 5.39. The summed E-state index contributed by atoms with van der Waals surface area (Å²) in [5.74, 6) is 0.193. The summed E-state index contributed by atoms with van der Waals surface area (Å²) in [5, 5.41) is 3.80.